The minimum absolute atomic E-state index is 0.241. The fraction of sp³-hybridized carbons (Fsp3) is 0.700. The smallest absolute Gasteiger partial charge is 0.0636 e. The van der Waals surface area contributed by atoms with E-state index in [1.807, 2.05) is 17.1 Å². The first kappa shape index (κ1) is 11.2. The predicted octanol–water partition coefficient (Wildman–Crippen LogP) is 0.934. The molecule has 0 amide bonds. The second-order valence-corrected chi connectivity index (χ2v) is 3.61. The molecule has 2 atom stereocenters. The summed E-state index contributed by atoms with van der Waals surface area (Å²) in [6, 6.07) is 0.241. The third kappa shape index (κ3) is 3.12. The van der Waals surface area contributed by atoms with E-state index in [2.05, 4.69) is 24.3 Å². The maximum atomic E-state index is 9.12. The average Bonchev–Trinajstić information content (AvgIpc) is 2.62. The van der Waals surface area contributed by atoms with Crippen molar-refractivity contribution in [2.24, 2.45) is 0 Å². The van der Waals surface area contributed by atoms with Crippen LogP contribution in [-0.4, -0.2) is 27.5 Å². The zero-order valence-corrected chi connectivity index (χ0v) is 9.07. The molecule has 0 fully saturated rings. The Morgan fingerprint density at radius 1 is 1.57 bits per heavy atom. The first-order valence-electron chi connectivity index (χ1n) is 5.07. The normalized spacial score (nSPS) is 15.4. The molecule has 0 saturated heterocycles. The fourth-order valence-electron chi connectivity index (χ4n) is 1.24. The molecule has 0 aliphatic rings. The van der Waals surface area contributed by atoms with Gasteiger partial charge in [-0.2, -0.15) is 5.10 Å². The SMILES string of the molecule is CCn1cc(C(C)NCC(C)O)cn1. The van der Waals surface area contributed by atoms with Crippen molar-refractivity contribution in [3.63, 3.8) is 0 Å². The van der Waals surface area contributed by atoms with Gasteiger partial charge in [-0.1, -0.05) is 0 Å². The molecule has 80 valence electrons. The van der Waals surface area contributed by atoms with Crippen LogP contribution in [0.5, 0.6) is 0 Å². The van der Waals surface area contributed by atoms with Crippen LogP contribution in [0.15, 0.2) is 12.4 Å². The minimum Gasteiger partial charge on any atom is -0.392 e. The molecule has 0 bridgehead atoms. The summed E-state index contributed by atoms with van der Waals surface area (Å²) in [6.07, 6.45) is 3.58. The number of rotatable bonds is 5. The van der Waals surface area contributed by atoms with Gasteiger partial charge in [-0.05, 0) is 20.8 Å². The maximum Gasteiger partial charge on any atom is 0.0636 e. The number of nitrogens with zero attached hydrogens (tertiary/aromatic N) is 2. The van der Waals surface area contributed by atoms with Crippen molar-refractivity contribution in [2.75, 3.05) is 6.54 Å². The van der Waals surface area contributed by atoms with E-state index in [1.165, 1.54) is 0 Å². The van der Waals surface area contributed by atoms with Crippen LogP contribution >= 0.6 is 0 Å². The summed E-state index contributed by atoms with van der Waals surface area (Å²) < 4.78 is 1.90. The molecule has 0 aromatic carbocycles. The predicted molar refractivity (Wildman–Crippen MR) is 56.0 cm³/mol. The minimum atomic E-state index is -0.307. The molecule has 2 unspecified atom stereocenters. The van der Waals surface area contributed by atoms with Crippen LogP contribution in [0.4, 0.5) is 0 Å². The zero-order valence-electron chi connectivity index (χ0n) is 9.07. The molecule has 0 saturated carbocycles. The van der Waals surface area contributed by atoms with E-state index in [0.29, 0.717) is 6.54 Å². The molecule has 4 nitrogen and oxygen atoms in total. The Hall–Kier alpha value is -0.870. The van der Waals surface area contributed by atoms with Gasteiger partial charge in [0.05, 0.1) is 12.3 Å². The van der Waals surface area contributed by atoms with E-state index in [-0.39, 0.29) is 12.1 Å². The Bertz CT molecular complexity index is 270. The van der Waals surface area contributed by atoms with Crippen LogP contribution in [0.3, 0.4) is 0 Å². The van der Waals surface area contributed by atoms with Crippen LogP contribution in [0.1, 0.15) is 32.4 Å². The van der Waals surface area contributed by atoms with Gasteiger partial charge in [0.1, 0.15) is 0 Å². The first-order chi connectivity index (χ1) is 6.63. The number of hydrogen-bond acceptors (Lipinski definition) is 3. The van der Waals surface area contributed by atoms with Crippen LogP contribution in [0, 0.1) is 0 Å². The van der Waals surface area contributed by atoms with Crippen molar-refractivity contribution in [3.8, 4) is 0 Å². The molecule has 1 aromatic rings. The van der Waals surface area contributed by atoms with Gasteiger partial charge < -0.3 is 10.4 Å². The largest absolute Gasteiger partial charge is 0.392 e. The highest BCUT2D eigenvalue weighted by atomic mass is 16.3. The number of nitrogens with one attached hydrogen (secondary N) is 1. The van der Waals surface area contributed by atoms with E-state index < -0.39 is 0 Å². The molecule has 1 rings (SSSR count). The van der Waals surface area contributed by atoms with E-state index >= 15 is 0 Å². The van der Waals surface area contributed by atoms with Gasteiger partial charge in [0.25, 0.3) is 0 Å². The molecule has 2 N–H and O–H groups in total. The lowest BCUT2D eigenvalue weighted by atomic mass is 10.2. The Morgan fingerprint density at radius 2 is 2.29 bits per heavy atom. The topological polar surface area (TPSA) is 50.1 Å². The van der Waals surface area contributed by atoms with Crippen LogP contribution in [-0.2, 0) is 6.54 Å². The summed E-state index contributed by atoms with van der Waals surface area (Å²) >= 11 is 0. The van der Waals surface area contributed by atoms with Crippen molar-refractivity contribution in [2.45, 2.75) is 39.5 Å². The van der Waals surface area contributed by atoms with Crippen molar-refractivity contribution >= 4 is 0 Å². The van der Waals surface area contributed by atoms with Gasteiger partial charge in [-0.25, -0.2) is 0 Å². The lowest BCUT2D eigenvalue weighted by molar-refractivity contribution is 0.187. The Labute approximate surface area is 84.9 Å². The van der Waals surface area contributed by atoms with E-state index in [4.69, 9.17) is 5.11 Å². The Kier molecular flexibility index (Phi) is 4.10. The molecule has 1 heterocycles. The van der Waals surface area contributed by atoms with Gasteiger partial charge in [-0.3, -0.25) is 4.68 Å². The average molecular weight is 197 g/mol. The molecule has 0 spiro atoms. The summed E-state index contributed by atoms with van der Waals surface area (Å²) in [7, 11) is 0. The Balaban J connectivity index is 2.47. The molecule has 14 heavy (non-hydrogen) atoms. The molecule has 0 radical (unpaired) electrons. The highest BCUT2D eigenvalue weighted by molar-refractivity contribution is 5.09. The van der Waals surface area contributed by atoms with Gasteiger partial charge in [-0.15, -0.1) is 0 Å². The lowest BCUT2D eigenvalue weighted by Gasteiger charge is -2.13. The van der Waals surface area contributed by atoms with Gasteiger partial charge in [0, 0.05) is 30.9 Å². The molecular formula is C10H19N3O. The molecule has 4 heteroatoms. The zero-order chi connectivity index (χ0) is 10.6. The second-order valence-electron chi connectivity index (χ2n) is 3.61. The standard InChI is InChI=1S/C10H19N3O/c1-4-13-7-10(6-12-13)9(3)11-5-8(2)14/h6-9,11,14H,4-5H2,1-3H3. The molecule has 0 aliphatic carbocycles. The third-order valence-electron chi connectivity index (χ3n) is 2.20. The number of aliphatic hydroxyl groups is 1. The highest BCUT2D eigenvalue weighted by Crippen LogP contribution is 2.10. The van der Waals surface area contributed by atoms with Gasteiger partial charge in [0.15, 0.2) is 0 Å². The van der Waals surface area contributed by atoms with Crippen molar-refractivity contribution in [3.05, 3.63) is 18.0 Å². The number of aromatic nitrogens is 2. The van der Waals surface area contributed by atoms with Crippen LogP contribution in [0.25, 0.3) is 0 Å². The van der Waals surface area contributed by atoms with Crippen molar-refractivity contribution < 1.29 is 5.11 Å². The lowest BCUT2D eigenvalue weighted by Crippen LogP contribution is -2.26. The quantitative estimate of drug-likeness (QED) is 0.738. The van der Waals surface area contributed by atoms with Crippen LogP contribution in [0.2, 0.25) is 0 Å². The van der Waals surface area contributed by atoms with Crippen LogP contribution < -0.4 is 5.32 Å². The Morgan fingerprint density at radius 3 is 2.79 bits per heavy atom. The second kappa shape index (κ2) is 5.12. The van der Waals surface area contributed by atoms with E-state index in [9.17, 15) is 0 Å². The number of aliphatic hydroxyl groups excluding tert-OH is 1. The molecule has 1 aromatic heterocycles. The van der Waals surface area contributed by atoms with Gasteiger partial charge >= 0.3 is 0 Å². The fourth-order valence-corrected chi connectivity index (χ4v) is 1.24. The molecule has 0 aliphatic heterocycles. The summed E-state index contributed by atoms with van der Waals surface area (Å²) in [5.41, 5.74) is 1.16. The maximum absolute atomic E-state index is 9.12. The summed E-state index contributed by atoms with van der Waals surface area (Å²) in [6.45, 7) is 7.40. The summed E-state index contributed by atoms with van der Waals surface area (Å²) in [4.78, 5) is 0. The highest BCUT2D eigenvalue weighted by Gasteiger charge is 2.07. The first-order valence-corrected chi connectivity index (χ1v) is 5.07. The number of aryl methyl sites for hydroxylation is 1. The molecular weight excluding hydrogens is 178 g/mol. The van der Waals surface area contributed by atoms with E-state index in [0.717, 1.165) is 12.1 Å². The summed E-state index contributed by atoms with van der Waals surface area (Å²) in [5, 5.41) is 16.5. The number of hydrogen-bond donors (Lipinski definition) is 2. The van der Waals surface area contributed by atoms with Gasteiger partial charge in [0.2, 0.25) is 0 Å². The summed E-state index contributed by atoms with van der Waals surface area (Å²) in [5.74, 6) is 0. The third-order valence-corrected chi connectivity index (χ3v) is 2.20. The monoisotopic (exact) mass is 197 g/mol. The van der Waals surface area contributed by atoms with Crippen molar-refractivity contribution in [1.29, 1.82) is 0 Å². The van der Waals surface area contributed by atoms with E-state index in [1.54, 1.807) is 6.92 Å². The van der Waals surface area contributed by atoms with Crippen molar-refractivity contribution in [1.82, 2.24) is 15.1 Å².